The van der Waals surface area contributed by atoms with E-state index in [4.69, 9.17) is 17.0 Å². The summed E-state index contributed by atoms with van der Waals surface area (Å²) >= 11 is 5.01. The van der Waals surface area contributed by atoms with Crippen LogP contribution in [0.2, 0.25) is 0 Å². The minimum Gasteiger partial charge on any atom is -0.444 e. The molecule has 0 aliphatic heterocycles. The zero-order valence-corrected chi connectivity index (χ0v) is 13.8. The van der Waals surface area contributed by atoms with Gasteiger partial charge in [0.05, 0.1) is 0 Å². The van der Waals surface area contributed by atoms with Crippen LogP contribution in [0, 0.1) is 0 Å². The average Bonchev–Trinajstić information content (AvgIpc) is 2.42. The van der Waals surface area contributed by atoms with Crippen LogP contribution in [-0.4, -0.2) is 35.8 Å². The van der Waals surface area contributed by atoms with Crippen LogP contribution >= 0.6 is 12.2 Å². The van der Waals surface area contributed by atoms with Gasteiger partial charge >= 0.3 is 6.09 Å². The molecule has 1 aromatic carbocycles. The highest BCUT2D eigenvalue weighted by Gasteiger charge is 2.15. The first kappa shape index (κ1) is 17.9. The molecule has 1 rings (SSSR count). The first-order valence-corrected chi connectivity index (χ1v) is 7.30. The van der Waals surface area contributed by atoms with Crippen molar-refractivity contribution < 1.29 is 14.3 Å². The number of thiocarbonyl (C=S) groups is 1. The Labute approximate surface area is 135 Å². The topological polar surface area (TPSA) is 79.5 Å². The fourth-order valence-electron chi connectivity index (χ4n) is 1.46. The van der Waals surface area contributed by atoms with Crippen molar-refractivity contribution in [3.63, 3.8) is 0 Å². The lowest BCUT2D eigenvalue weighted by molar-refractivity contribution is 0.0528. The van der Waals surface area contributed by atoms with Gasteiger partial charge in [-0.25, -0.2) is 4.79 Å². The summed E-state index contributed by atoms with van der Waals surface area (Å²) in [7, 11) is 0. The predicted octanol–water partition coefficient (Wildman–Crippen LogP) is 1.82. The van der Waals surface area contributed by atoms with Crippen molar-refractivity contribution in [2.24, 2.45) is 0 Å². The van der Waals surface area contributed by atoms with E-state index < -0.39 is 11.7 Å². The molecule has 0 bridgehead atoms. The van der Waals surface area contributed by atoms with Crippen molar-refractivity contribution in [1.29, 1.82) is 0 Å². The van der Waals surface area contributed by atoms with Crippen LogP contribution in [0.15, 0.2) is 30.3 Å². The molecule has 0 aromatic heterocycles. The maximum absolute atomic E-state index is 11.8. The number of amides is 2. The van der Waals surface area contributed by atoms with E-state index in [0.717, 1.165) is 0 Å². The largest absolute Gasteiger partial charge is 0.444 e. The van der Waals surface area contributed by atoms with Gasteiger partial charge in [0.25, 0.3) is 5.91 Å². The number of benzene rings is 1. The van der Waals surface area contributed by atoms with Crippen molar-refractivity contribution >= 4 is 29.3 Å². The molecule has 0 unspecified atom stereocenters. The lowest BCUT2D eigenvalue weighted by Gasteiger charge is -2.19. The highest BCUT2D eigenvalue weighted by atomic mass is 32.1. The third kappa shape index (κ3) is 7.58. The molecule has 0 radical (unpaired) electrons. The fraction of sp³-hybridized carbons (Fsp3) is 0.400. The molecular weight excluding hydrogens is 302 g/mol. The van der Waals surface area contributed by atoms with Crippen LogP contribution in [0.4, 0.5) is 4.79 Å². The molecule has 3 N–H and O–H groups in total. The Morgan fingerprint density at radius 3 is 2.27 bits per heavy atom. The minimum absolute atomic E-state index is 0.208. The Hall–Kier alpha value is -2.15. The molecule has 0 aliphatic carbocycles. The lowest BCUT2D eigenvalue weighted by Crippen LogP contribution is -2.43. The quantitative estimate of drug-likeness (QED) is 0.582. The molecule has 0 saturated carbocycles. The second-order valence-corrected chi connectivity index (χ2v) is 5.91. The monoisotopic (exact) mass is 323 g/mol. The van der Waals surface area contributed by atoms with Gasteiger partial charge in [-0.1, -0.05) is 18.2 Å². The summed E-state index contributed by atoms with van der Waals surface area (Å²) in [5, 5.41) is 8.18. The normalized spacial score (nSPS) is 10.5. The number of ether oxygens (including phenoxy) is 1. The molecule has 0 heterocycles. The molecule has 0 atom stereocenters. The van der Waals surface area contributed by atoms with Gasteiger partial charge in [-0.3, -0.25) is 10.1 Å². The molecule has 0 saturated heterocycles. The third-order valence-corrected chi connectivity index (χ3v) is 2.59. The lowest BCUT2D eigenvalue weighted by atomic mass is 10.2. The van der Waals surface area contributed by atoms with Gasteiger partial charge in [-0.05, 0) is 45.1 Å². The molecule has 2 amide bonds. The number of alkyl carbamates (subject to hydrolysis) is 1. The molecule has 120 valence electrons. The second-order valence-electron chi connectivity index (χ2n) is 5.50. The number of hydrogen-bond acceptors (Lipinski definition) is 4. The van der Waals surface area contributed by atoms with E-state index in [1.807, 2.05) is 6.07 Å². The van der Waals surface area contributed by atoms with E-state index in [9.17, 15) is 9.59 Å². The number of nitrogens with one attached hydrogen (secondary N) is 3. The van der Waals surface area contributed by atoms with Crippen LogP contribution in [0.1, 0.15) is 31.1 Å². The molecule has 22 heavy (non-hydrogen) atoms. The molecule has 0 aliphatic rings. The van der Waals surface area contributed by atoms with Crippen LogP contribution in [0.25, 0.3) is 0 Å². The summed E-state index contributed by atoms with van der Waals surface area (Å²) in [4.78, 5) is 23.2. The summed E-state index contributed by atoms with van der Waals surface area (Å²) in [6.07, 6.45) is -0.492. The Balaban J connectivity index is 2.21. The fourth-order valence-corrected chi connectivity index (χ4v) is 1.66. The van der Waals surface area contributed by atoms with Crippen LogP contribution in [0.3, 0.4) is 0 Å². The Bertz CT molecular complexity index is 527. The standard InChI is InChI=1S/C15H21N3O3S/c1-15(2,3)21-14(20)17-10-9-16-13(22)18-12(19)11-7-5-4-6-8-11/h4-8H,9-10H2,1-3H3,(H,17,20)(H2,16,18,19,22). The predicted molar refractivity (Wildman–Crippen MR) is 88.7 cm³/mol. The highest BCUT2D eigenvalue weighted by Crippen LogP contribution is 2.05. The van der Waals surface area contributed by atoms with Gasteiger partial charge in [0, 0.05) is 18.7 Å². The zero-order chi connectivity index (χ0) is 16.6. The highest BCUT2D eigenvalue weighted by molar-refractivity contribution is 7.80. The maximum Gasteiger partial charge on any atom is 0.407 e. The Morgan fingerprint density at radius 1 is 1.09 bits per heavy atom. The van der Waals surface area contributed by atoms with E-state index in [2.05, 4.69) is 16.0 Å². The Kier molecular flexibility index (Phi) is 6.78. The average molecular weight is 323 g/mol. The van der Waals surface area contributed by atoms with Gasteiger partial charge in [0.1, 0.15) is 5.60 Å². The van der Waals surface area contributed by atoms with E-state index >= 15 is 0 Å². The van der Waals surface area contributed by atoms with E-state index in [0.29, 0.717) is 18.7 Å². The first-order valence-electron chi connectivity index (χ1n) is 6.89. The Morgan fingerprint density at radius 2 is 1.68 bits per heavy atom. The van der Waals surface area contributed by atoms with Crippen LogP contribution < -0.4 is 16.0 Å². The van der Waals surface area contributed by atoms with E-state index in [1.54, 1.807) is 45.0 Å². The van der Waals surface area contributed by atoms with E-state index in [-0.39, 0.29) is 11.0 Å². The minimum atomic E-state index is -0.531. The molecular formula is C15H21N3O3S. The molecule has 1 aromatic rings. The smallest absolute Gasteiger partial charge is 0.407 e. The SMILES string of the molecule is CC(C)(C)OC(=O)NCCNC(=S)NC(=O)c1ccccc1. The van der Waals surface area contributed by atoms with Crippen molar-refractivity contribution in [2.45, 2.75) is 26.4 Å². The summed E-state index contributed by atoms with van der Waals surface area (Å²) in [6.45, 7) is 6.08. The number of carbonyl (C=O) groups is 2. The summed E-state index contributed by atoms with van der Waals surface area (Å²) in [5.41, 5.74) is -0.00486. The van der Waals surface area contributed by atoms with Crippen LogP contribution in [-0.2, 0) is 4.74 Å². The van der Waals surface area contributed by atoms with Gasteiger partial charge in [0.15, 0.2) is 5.11 Å². The van der Waals surface area contributed by atoms with Crippen LogP contribution in [0.5, 0.6) is 0 Å². The van der Waals surface area contributed by atoms with E-state index in [1.165, 1.54) is 0 Å². The molecule has 6 nitrogen and oxygen atoms in total. The summed E-state index contributed by atoms with van der Waals surface area (Å²) in [6, 6.07) is 8.77. The van der Waals surface area contributed by atoms with Crippen molar-refractivity contribution in [1.82, 2.24) is 16.0 Å². The summed E-state index contributed by atoms with van der Waals surface area (Å²) < 4.78 is 5.09. The van der Waals surface area contributed by atoms with Gasteiger partial charge < -0.3 is 15.4 Å². The second kappa shape index (κ2) is 8.33. The van der Waals surface area contributed by atoms with Gasteiger partial charge in [-0.2, -0.15) is 0 Å². The van der Waals surface area contributed by atoms with Crippen molar-refractivity contribution in [3.05, 3.63) is 35.9 Å². The van der Waals surface area contributed by atoms with Crippen molar-refractivity contribution in [3.8, 4) is 0 Å². The number of hydrogen-bond donors (Lipinski definition) is 3. The number of carbonyl (C=O) groups excluding carboxylic acids is 2. The number of rotatable bonds is 4. The first-order chi connectivity index (χ1) is 10.3. The maximum atomic E-state index is 11.8. The molecule has 0 fully saturated rings. The van der Waals surface area contributed by atoms with Gasteiger partial charge in [0.2, 0.25) is 0 Å². The van der Waals surface area contributed by atoms with Gasteiger partial charge in [-0.15, -0.1) is 0 Å². The molecule has 0 spiro atoms. The summed E-state index contributed by atoms with van der Waals surface area (Å²) in [5.74, 6) is -0.279. The third-order valence-electron chi connectivity index (χ3n) is 2.34. The van der Waals surface area contributed by atoms with Crippen molar-refractivity contribution in [2.75, 3.05) is 13.1 Å². The zero-order valence-electron chi connectivity index (χ0n) is 12.9. The molecule has 7 heteroatoms.